The van der Waals surface area contributed by atoms with Crippen LogP contribution in [0.5, 0.6) is 0 Å². The Hall–Kier alpha value is -2.08. The van der Waals surface area contributed by atoms with Gasteiger partial charge in [-0.05, 0) is 45.1 Å². The van der Waals surface area contributed by atoms with Gasteiger partial charge >= 0.3 is 0 Å². The van der Waals surface area contributed by atoms with Gasteiger partial charge in [0.15, 0.2) is 0 Å². The van der Waals surface area contributed by atoms with E-state index in [1.54, 1.807) is 0 Å². The van der Waals surface area contributed by atoms with Gasteiger partial charge in [-0.2, -0.15) is 0 Å². The second-order valence-electron chi connectivity index (χ2n) is 6.97. The summed E-state index contributed by atoms with van der Waals surface area (Å²) in [7, 11) is 0. The van der Waals surface area contributed by atoms with Crippen LogP contribution in [0.25, 0.3) is 0 Å². The maximum atomic E-state index is 5.48. The molecule has 25 heavy (non-hydrogen) atoms. The quantitative estimate of drug-likeness (QED) is 0.902. The first-order chi connectivity index (χ1) is 12.2. The summed E-state index contributed by atoms with van der Waals surface area (Å²) >= 11 is 0. The van der Waals surface area contributed by atoms with Gasteiger partial charge in [-0.3, -0.25) is 0 Å². The van der Waals surface area contributed by atoms with Crippen LogP contribution >= 0.6 is 0 Å². The molecule has 132 valence electrons. The summed E-state index contributed by atoms with van der Waals surface area (Å²) in [5.74, 6) is 3.01. The van der Waals surface area contributed by atoms with Crippen LogP contribution in [0.1, 0.15) is 53.1 Å². The third-order valence-electron chi connectivity index (χ3n) is 5.05. The third-order valence-corrected chi connectivity index (χ3v) is 5.05. The maximum absolute atomic E-state index is 5.48. The fourth-order valence-corrected chi connectivity index (χ4v) is 3.76. The topological polar surface area (TPSA) is 72.8 Å². The van der Waals surface area contributed by atoms with Crippen LogP contribution in [-0.4, -0.2) is 39.7 Å². The minimum atomic E-state index is 0.393. The summed E-state index contributed by atoms with van der Waals surface area (Å²) in [5.41, 5.74) is 4.85. The number of nitrogens with zero attached hydrogens (tertiary/aromatic N) is 4. The standard InChI is InChI=1S/C19H25N5O/c1-12-15-4-3-5-16(15)24-18(21-12)6-8-20-19-10-17(22-13(2)23-19)14-7-9-25-11-14/h10,14H,3-9,11H2,1-2H3,(H,20,22,23)/t14-/m1/s1. The van der Waals surface area contributed by atoms with Gasteiger partial charge in [-0.25, -0.2) is 19.9 Å². The molecule has 2 aromatic rings. The smallest absolute Gasteiger partial charge is 0.130 e. The highest BCUT2D eigenvalue weighted by Crippen LogP contribution is 2.25. The molecule has 4 rings (SSSR count). The zero-order chi connectivity index (χ0) is 17.2. The molecule has 0 spiro atoms. The predicted molar refractivity (Wildman–Crippen MR) is 95.9 cm³/mol. The molecule has 6 heteroatoms. The lowest BCUT2D eigenvalue weighted by Gasteiger charge is -2.12. The molecule has 0 unspecified atom stereocenters. The van der Waals surface area contributed by atoms with Gasteiger partial charge in [0.25, 0.3) is 0 Å². The Morgan fingerprint density at radius 3 is 2.92 bits per heavy atom. The number of hydrogen-bond acceptors (Lipinski definition) is 6. The molecule has 0 radical (unpaired) electrons. The van der Waals surface area contributed by atoms with Crippen molar-refractivity contribution >= 4 is 5.82 Å². The van der Waals surface area contributed by atoms with Crippen molar-refractivity contribution in [1.82, 2.24) is 19.9 Å². The van der Waals surface area contributed by atoms with Crippen LogP contribution in [0.3, 0.4) is 0 Å². The molecular weight excluding hydrogens is 314 g/mol. The van der Waals surface area contributed by atoms with Crippen molar-refractivity contribution in [1.29, 1.82) is 0 Å². The first-order valence-corrected chi connectivity index (χ1v) is 9.21. The summed E-state index contributed by atoms with van der Waals surface area (Å²) in [4.78, 5) is 18.5. The zero-order valence-corrected chi connectivity index (χ0v) is 15.0. The summed E-state index contributed by atoms with van der Waals surface area (Å²) in [6.07, 6.45) is 5.28. The fraction of sp³-hybridized carbons (Fsp3) is 0.579. The van der Waals surface area contributed by atoms with Gasteiger partial charge in [0.05, 0.1) is 12.3 Å². The molecule has 0 amide bonds. The lowest BCUT2D eigenvalue weighted by atomic mass is 10.0. The fourth-order valence-electron chi connectivity index (χ4n) is 3.76. The van der Waals surface area contributed by atoms with E-state index in [4.69, 9.17) is 9.72 Å². The van der Waals surface area contributed by atoms with E-state index in [2.05, 4.69) is 33.3 Å². The number of nitrogens with one attached hydrogen (secondary N) is 1. The molecule has 6 nitrogen and oxygen atoms in total. The molecule has 0 bridgehead atoms. The van der Waals surface area contributed by atoms with Crippen molar-refractivity contribution in [2.75, 3.05) is 25.1 Å². The van der Waals surface area contributed by atoms with Gasteiger partial charge in [-0.1, -0.05) is 0 Å². The monoisotopic (exact) mass is 339 g/mol. The van der Waals surface area contributed by atoms with Gasteiger partial charge in [0.2, 0.25) is 0 Å². The predicted octanol–water partition coefficient (Wildman–Crippen LogP) is 2.53. The normalized spacial score (nSPS) is 19.2. The van der Waals surface area contributed by atoms with E-state index in [1.807, 2.05) is 6.92 Å². The number of hydrogen-bond donors (Lipinski definition) is 1. The van der Waals surface area contributed by atoms with Gasteiger partial charge < -0.3 is 10.1 Å². The van der Waals surface area contributed by atoms with Crippen molar-refractivity contribution in [3.05, 3.63) is 40.4 Å². The number of aryl methyl sites for hydroxylation is 3. The Morgan fingerprint density at radius 1 is 1.16 bits per heavy atom. The van der Waals surface area contributed by atoms with Gasteiger partial charge in [0, 0.05) is 42.9 Å². The molecule has 1 aliphatic carbocycles. The van der Waals surface area contributed by atoms with Crippen molar-refractivity contribution in [2.45, 2.75) is 51.9 Å². The lowest BCUT2D eigenvalue weighted by Crippen LogP contribution is -2.12. The average molecular weight is 339 g/mol. The molecule has 0 aromatic carbocycles. The Bertz CT molecular complexity index is 771. The summed E-state index contributed by atoms with van der Waals surface area (Å²) in [5, 5.41) is 3.41. The van der Waals surface area contributed by atoms with E-state index < -0.39 is 0 Å². The first-order valence-electron chi connectivity index (χ1n) is 9.21. The summed E-state index contributed by atoms with van der Waals surface area (Å²) in [6.45, 7) is 6.41. The van der Waals surface area contributed by atoms with Crippen LogP contribution in [0.15, 0.2) is 6.07 Å². The molecule has 1 N–H and O–H groups in total. The molecule has 1 saturated heterocycles. The van der Waals surface area contributed by atoms with Crippen LogP contribution in [-0.2, 0) is 24.0 Å². The third kappa shape index (κ3) is 3.63. The SMILES string of the molecule is Cc1nc(NCCc2nc(C)c3c(n2)CCC3)cc([C@@H]2CCOC2)n1. The van der Waals surface area contributed by atoms with Gasteiger partial charge in [-0.15, -0.1) is 0 Å². The molecular formula is C19H25N5O. The molecule has 3 heterocycles. The number of aromatic nitrogens is 4. The number of ether oxygens (including phenoxy) is 1. The molecule has 2 aromatic heterocycles. The van der Waals surface area contributed by atoms with Crippen molar-refractivity contribution in [3.63, 3.8) is 0 Å². The Labute approximate surface area is 148 Å². The number of fused-ring (bicyclic) bond motifs is 1. The van der Waals surface area contributed by atoms with E-state index in [0.29, 0.717) is 5.92 Å². The highest BCUT2D eigenvalue weighted by molar-refractivity contribution is 5.37. The second kappa shape index (κ2) is 7.04. The second-order valence-corrected chi connectivity index (χ2v) is 6.97. The Balaban J connectivity index is 1.41. The van der Waals surface area contributed by atoms with Gasteiger partial charge in [0.1, 0.15) is 17.5 Å². The number of rotatable bonds is 5. The molecule has 1 aliphatic heterocycles. The van der Waals surface area contributed by atoms with E-state index in [1.165, 1.54) is 17.7 Å². The van der Waals surface area contributed by atoms with E-state index >= 15 is 0 Å². The van der Waals surface area contributed by atoms with Crippen LogP contribution in [0.2, 0.25) is 0 Å². The minimum absolute atomic E-state index is 0.393. The minimum Gasteiger partial charge on any atom is -0.381 e. The summed E-state index contributed by atoms with van der Waals surface area (Å²) in [6, 6.07) is 2.06. The highest BCUT2D eigenvalue weighted by Gasteiger charge is 2.20. The van der Waals surface area contributed by atoms with E-state index in [-0.39, 0.29) is 0 Å². The molecule has 1 atom stereocenters. The van der Waals surface area contributed by atoms with Crippen molar-refractivity contribution < 1.29 is 4.74 Å². The largest absolute Gasteiger partial charge is 0.381 e. The van der Waals surface area contributed by atoms with Crippen LogP contribution < -0.4 is 5.32 Å². The van der Waals surface area contributed by atoms with Crippen molar-refractivity contribution in [2.24, 2.45) is 0 Å². The molecule has 0 saturated carbocycles. The Kier molecular flexibility index (Phi) is 4.61. The zero-order valence-electron chi connectivity index (χ0n) is 15.0. The van der Waals surface area contributed by atoms with E-state index in [9.17, 15) is 0 Å². The first kappa shape index (κ1) is 16.4. The molecule has 1 fully saturated rings. The molecule has 2 aliphatic rings. The maximum Gasteiger partial charge on any atom is 0.130 e. The lowest BCUT2D eigenvalue weighted by molar-refractivity contribution is 0.193. The van der Waals surface area contributed by atoms with Crippen LogP contribution in [0.4, 0.5) is 5.82 Å². The van der Waals surface area contributed by atoms with E-state index in [0.717, 1.165) is 74.3 Å². The highest BCUT2D eigenvalue weighted by atomic mass is 16.5. The van der Waals surface area contributed by atoms with Crippen molar-refractivity contribution in [3.8, 4) is 0 Å². The average Bonchev–Trinajstić information content (AvgIpc) is 3.26. The number of anilines is 1. The van der Waals surface area contributed by atoms with Crippen LogP contribution in [0, 0.1) is 13.8 Å². The Morgan fingerprint density at radius 2 is 2.08 bits per heavy atom. The summed E-state index contributed by atoms with van der Waals surface area (Å²) < 4.78 is 5.48.